The highest BCUT2D eigenvalue weighted by atomic mass is 16.5. The Kier molecular flexibility index (Phi) is 19.5. The summed E-state index contributed by atoms with van der Waals surface area (Å²) in [5.74, 6) is -0.810. The van der Waals surface area contributed by atoms with Crippen LogP contribution in [0.3, 0.4) is 0 Å². The summed E-state index contributed by atoms with van der Waals surface area (Å²) in [6.07, 6.45) is 29.8. The van der Waals surface area contributed by atoms with Crippen molar-refractivity contribution in [3.8, 4) is 0 Å². The monoisotopic (exact) mass is 574 g/mol. The van der Waals surface area contributed by atoms with Crippen LogP contribution in [0.2, 0.25) is 0 Å². The van der Waals surface area contributed by atoms with E-state index in [-0.39, 0.29) is 24.0 Å². The Balaban J connectivity index is 0.00000431. The molecule has 0 fully saturated rings. The molecule has 2 N–H and O–H groups in total. The fraction of sp³-hybridized carbons (Fsp3) is 0.417. The Morgan fingerprint density at radius 2 is 1.31 bits per heavy atom. The van der Waals surface area contributed by atoms with Gasteiger partial charge >= 0.3 is 0 Å². The second kappa shape index (κ2) is 22.7. The number of allylic oxidation sites excluding steroid dienone is 10. The van der Waals surface area contributed by atoms with E-state index in [1.807, 2.05) is 32.0 Å². The summed E-state index contributed by atoms with van der Waals surface area (Å²) < 4.78 is 5.73. The Labute approximate surface area is 253 Å². The second-order valence-corrected chi connectivity index (χ2v) is 9.58. The minimum absolute atomic E-state index is 0.0141. The van der Waals surface area contributed by atoms with Crippen LogP contribution in [0.1, 0.15) is 84.6 Å². The van der Waals surface area contributed by atoms with Crippen molar-refractivity contribution in [3.63, 3.8) is 0 Å². The number of benzene rings is 1. The van der Waals surface area contributed by atoms with Gasteiger partial charge < -0.3 is 15.4 Å². The lowest BCUT2D eigenvalue weighted by atomic mass is 9.92. The molecule has 0 saturated heterocycles. The number of nitrogens with one attached hydrogen (secondary N) is 2. The van der Waals surface area contributed by atoms with E-state index in [2.05, 4.69) is 78.3 Å². The van der Waals surface area contributed by atoms with E-state index in [0.717, 1.165) is 44.9 Å². The van der Waals surface area contributed by atoms with Gasteiger partial charge in [0.15, 0.2) is 11.4 Å². The number of ether oxygens (including phenoxy) is 1. The fourth-order valence-electron chi connectivity index (χ4n) is 3.93. The lowest BCUT2D eigenvalue weighted by molar-refractivity contribution is -0.132. The van der Waals surface area contributed by atoms with Crippen molar-refractivity contribution in [2.24, 2.45) is 0 Å². The van der Waals surface area contributed by atoms with E-state index < -0.39 is 11.5 Å². The van der Waals surface area contributed by atoms with E-state index in [4.69, 9.17) is 4.74 Å². The number of carbonyl (C=O) groups excluding carboxylic acids is 3. The Morgan fingerprint density at radius 1 is 0.786 bits per heavy atom. The zero-order chi connectivity index (χ0) is 30.9. The van der Waals surface area contributed by atoms with E-state index in [1.54, 1.807) is 19.1 Å². The van der Waals surface area contributed by atoms with Gasteiger partial charge in [0, 0.05) is 31.1 Å². The molecule has 2 amide bonds. The molecule has 0 aromatic heterocycles. The Hall–Kier alpha value is -3.93. The van der Waals surface area contributed by atoms with Crippen molar-refractivity contribution in [2.75, 3.05) is 13.1 Å². The van der Waals surface area contributed by atoms with Crippen LogP contribution in [-0.2, 0) is 24.7 Å². The molecule has 6 nitrogen and oxygen atoms in total. The highest BCUT2D eigenvalue weighted by Gasteiger charge is 2.43. The normalized spacial score (nSPS) is 16.8. The number of amides is 2. The van der Waals surface area contributed by atoms with Gasteiger partial charge in [-0.3, -0.25) is 14.4 Å². The number of hydrogen-bond acceptors (Lipinski definition) is 4. The standard InChI is InChI=1S/C34H44N2O4.C2H6/c1-3-4-5-6-7-8-9-10-11-12-13-14-15-16-17-18-22-25-32(38)35-26-27-36-33(39)30-28-31(37)34(2,40-30)29-23-20-19-21-24-29;1-2/h4-5,7-8,10-11,13-14,16-17,19-21,23-24,28H,3,6,9,12,15,18,22,25-27H2,1-2H3,(H,35,38)(H,36,39);1-2H3/b5-4-,8-7-,11-10-,14-13-,17-16-;. The summed E-state index contributed by atoms with van der Waals surface area (Å²) in [6, 6.07) is 9.09. The third-order valence-electron chi connectivity index (χ3n) is 6.26. The average Bonchev–Trinajstić information content (AvgIpc) is 3.33. The number of unbranched alkanes of at least 4 members (excludes halogenated alkanes) is 1. The van der Waals surface area contributed by atoms with Gasteiger partial charge in [-0.25, -0.2) is 0 Å². The highest BCUT2D eigenvalue weighted by molar-refractivity contribution is 6.07. The molecule has 1 unspecified atom stereocenters. The molecule has 1 aromatic carbocycles. The minimum Gasteiger partial charge on any atom is -0.469 e. The van der Waals surface area contributed by atoms with Crippen molar-refractivity contribution >= 4 is 17.6 Å². The molecule has 1 heterocycles. The molecule has 0 bridgehead atoms. The van der Waals surface area contributed by atoms with Crippen LogP contribution in [0.15, 0.2) is 103 Å². The first-order valence-corrected chi connectivity index (χ1v) is 15.3. The topological polar surface area (TPSA) is 84.5 Å². The maximum absolute atomic E-state index is 12.5. The highest BCUT2D eigenvalue weighted by Crippen LogP contribution is 2.34. The third-order valence-corrected chi connectivity index (χ3v) is 6.26. The van der Waals surface area contributed by atoms with Crippen LogP contribution in [0, 0.1) is 0 Å². The molecule has 1 atom stereocenters. The lowest BCUT2D eigenvalue weighted by Crippen LogP contribution is -2.36. The van der Waals surface area contributed by atoms with Crippen molar-refractivity contribution in [1.29, 1.82) is 0 Å². The number of carbonyl (C=O) groups is 3. The molecule has 42 heavy (non-hydrogen) atoms. The second-order valence-electron chi connectivity index (χ2n) is 9.58. The van der Waals surface area contributed by atoms with Gasteiger partial charge in [0.25, 0.3) is 5.91 Å². The van der Waals surface area contributed by atoms with Crippen LogP contribution < -0.4 is 10.6 Å². The summed E-state index contributed by atoms with van der Waals surface area (Å²) in [5, 5.41) is 5.49. The van der Waals surface area contributed by atoms with Crippen molar-refractivity contribution in [1.82, 2.24) is 10.6 Å². The van der Waals surface area contributed by atoms with Gasteiger partial charge in [-0.2, -0.15) is 0 Å². The molecule has 0 radical (unpaired) electrons. The molecular formula is C36H50N2O4. The summed E-state index contributed by atoms with van der Waals surface area (Å²) >= 11 is 0. The molecular weight excluding hydrogens is 524 g/mol. The van der Waals surface area contributed by atoms with Crippen LogP contribution in [0.4, 0.5) is 0 Å². The zero-order valence-corrected chi connectivity index (χ0v) is 25.9. The summed E-state index contributed by atoms with van der Waals surface area (Å²) in [5.41, 5.74) is -0.510. The molecule has 0 aliphatic carbocycles. The maximum atomic E-state index is 12.5. The first kappa shape index (κ1) is 36.1. The van der Waals surface area contributed by atoms with Crippen molar-refractivity contribution < 1.29 is 19.1 Å². The number of hydrogen-bond donors (Lipinski definition) is 2. The molecule has 6 heteroatoms. The fourth-order valence-corrected chi connectivity index (χ4v) is 3.93. The molecule has 2 rings (SSSR count). The quantitative estimate of drug-likeness (QED) is 0.140. The Morgan fingerprint density at radius 3 is 1.88 bits per heavy atom. The number of ketones is 1. The molecule has 1 aliphatic heterocycles. The van der Waals surface area contributed by atoms with Gasteiger partial charge in [-0.1, -0.05) is 112 Å². The third kappa shape index (κ3) is 14.6. The first-order chi connectivity index (χ1) is 20.5. The minimum atomic E-state index is -1.20. The lowest BCUT2D eigenvalue weighted by Gasteiger charge is -2.24. The van der Waals surface area contributed by atoms with E-state index >= 15 is 0 Å². The van der Waals surface area contributed by atoms with Crippen molar-refractivity contribution in [3.05, 3.63) is 108 Å². The predicted octanol–water partition coefficient (Wildman–Crippen LogP) is 7.57. The van der Waals surface area contributed by atoms with Crippen LogP contribution in [0.5, 0.6) is 0 Å². The molecule has 1 aliphatic rings. The largest absolute Gasteiger partial charge is 0.469 e. The maximum Gasteiger partial charge on any atom is 0.286 e. The SMILES string of the molecule is CC.CC/C=C\C/C=C\C/C=C\C/C=C\C/C=C\CCCC(=O)NCCNC(=O)C1=CC(=O)C(C)(c2ccccc2)O1. The van der Waals surface area contributed by atoms with Gasteiger partial charge in [0.1, 0.15) is 0 Å². The summed E-state index contributed by atoms with van der Waals surface area (Å²) in [6.45, 7) is 8.35. The van der Waals surface area contributed by atoms with Gasteiger partial charge in [-0.05, 0) is 51.9 Å². The van der Waals surface area contributed by atoms with Gasteiger partial charge in [-0.15, -0.1) is 0 Å². The predicted molar refractivity (Wildman–Crippen MR) is 174 cm³/mol. The van der Waals surface area contributed by atoms with Crippen LogP contribution in [0.25, 0.3) is 0 Å². The Bertz CT molecular complexity index is 1110. The van der Waals surface area contributed by atoms with E-state index in [0.29, 0.717) is 18.5 Å². The van der Waals surface area contributed by atoms with Crippen LogP contribution in [-0.4, -0.2) is 30.7 Å². The average molecular weight is 575 g/mol. The zero-order valence-electron chi connectivity index (χ0n) is 25.9. The molecule has 228 valence electrons. The summed E-state index contributed by atoms with van der Waals surface area (Å²) in [7, 11) is 0. The molecule has 1 aromatic rings. The molecule has 0 saturated carbocycles. The summed E-state index contributed by atoms with van der Waals surface area (Å²) in [4.78, 5) is 36.9. The molecule has 0 spiro atoms. The van der Waals surface area contributed by atoms with Crippen LogP contribution >= 0.6 is 0 Å². The van der Waals surface area contributed by atoms with Crippen molar-refractivity contribution in [2.45, 2.75) is 84.7 Å². The first-order valence-electron chi connectivity index (χ1n) is 15.3. The van der Waals surface area contributed by atoms with Gasteiger partial charge in [0.2, 0.25) is 11.7 Å². The smallest absolute Gasteiger partial charge is 0.286 e. The van der Waals surface area contributed by atoms with E-state index in [1.165, 1.54) is 6.08 Å². The van der Waals surface area contributed by atoms with Gasteiger partial charge in [0.05, 0.1) is 0 Å². The number of rotatable bonds is 18. The van der Waals surface area contributed by atoms with E-state index in [9.17, 15) is 14.4 Å².